The summed E-state index contributed by atoms with van der Waals surface area (Å²) in [7, 11) is 0. The van der Waals surface area contributed by atoms with Gasteiger partial charge in [0.1, 0.15) is 6.33 Å². The SMILES string of the molecule is CC(CC(C)(C)c1ccccc1)NC(=O)c1ccc(-c2cncnc2)cc1. The molecular formula is C23H25N3O. The zero-order valence-corrected chi connectivity index (χ0v) is 16.0. The van der Waals surface area contributed by atoms with Gasteiger partial charge in [0.15, 0.2) is 0 Å². The van der Waals surface area contributed by atoms with Crippen molar-refractivity contribution in [3.63, 3.8) is 0 Å². The van der Waals surface area contributed by atoms with Crippen LogP contribution in [-0.2, 0) is 5.41 Å². The van der Waals surface area contributed by atoms with Gasteiger partial charge in [-0.05, 0) is 42.0 Å². The van der Waals surface area contributed by atoms with E-state index in [9.17, 15) is 4.79 Å². The summed E-state index contributed by atoms with van der Waals surface area (Å²) in [6.07, 6.45) is 5.89. The molecule has 4 nitrogen and oxygen atoms in total. The van der Waals surface area contributed by atoms with Gasteiger partial charge in [-0.1, -0.05) is 56.3 Å². The zero-order valence-electron chi connectivity index (χ0n) is 16.0. The van der Waals surface area contributed by atoms with Crippen molar-refractivity contribution in [3.8, 4) is 11.1 Å². The number of hydrogen-bond acceptors (Lipinski definition) is 3. The van der Waals surface area contributed by atoms with Crippen LogP contribution in [0, 0.1) is 0 Å². The standard InChI is InChI=1S/C23H25N3O/c1-17(13-23(2,3)21-7-5-4-6-8-21)26-22(27)19-11-9-18(10-12-19)20-14-24-16-25-15-20/h4-12,14-17H,13H2,1-3H3,(H,26,27). The number of carbonyl (C=O) groups is 1. The number of carbonyl (C=O) groups excluding carboxylic acids is 1. The largest absolute Gasteiger partial charge is 0.350 e. The fourth-order valence-corrected chi connectivity index (χ4v) is 3.39. The smallest absolute Gasteiger partial charge is 0.251 e. The Morgan fingerprint density at radius 2 is 1.59 bits per heavy atom. The van der Waals surface area contributed by atoms with Crippen molar-refractivity contribution in [2.24, 2.45) is 0 Å². The minimum atomic E-state index is -0.0535. The number of nitrogens with zero attached hydrogens (tertiary/aromatic N) is 2. The molecule has 2 aromatic carbocycles. The Bertz CT molecular complexity index is 875. The Morgan fingerprint density at radius 1 is 0.963 bits per heavy atom. The van der Waals surface area contributed by atoms with Crippen LogP contribution in [0.15, 0.2) is 73.3 Å². The van der Waals surface area contributed by atoms with Crippen LogP contribution in [-0.4, -0.2) is 21.9 Å². The van der Waals surface area contributed by atoms with Gasteiger partial charge in [-0.15, -0.1) is 0 Å². The molecule has 0 aliphatic heterocycles. The molecule has 0 bridgehead atoms. The number of amides is 1. The van der Waals surface area contributed by atoms with Crippen LogP contribution < -0.4 is 5.32 Å². The van der Waals surface area contributed by atoms with Crippen molar-refractivity contribution in [3.05, 3.63) is 84.4 Å². The molecule has 1 atom stereocenters. The van der Waals surface area contributed by atoms with Gasteiger partial charge in [0.2, 0.25) is 0 Å². The number of benzene rings is 2. The van der Waals surface area contributed by atoms with E-state index in [-0.39, 0.29) is 17.4 Å². The van der Waals surface area contributed by atoms with Crippen molar-refractivity contribution in [1.82, 2.24) is 15.3 Å². The molecule has 27 heavy (non-hydrogen) atoms. The first-order chi connectivity index (χ1) is 13.0. The molecule has 1 unspecified atom stereocenters. The lowest BCUT2D eigenvalue weighted by Gasteiger charge is -2.29. The van der Waals surface area contributed by atoms with E-state index in [0.29, 0.717) is 5.56 Å². The average molecular weight is 359 g/mol. The van der Waals surface area contributed by atoms with Crippen LogP contribution in [0.4, 0.5) is 0 Å². The summed E-state index contributed by atoms with van der Waals surface area (Å²) in [5.41, 5.74) is 3.85. The monoisotopic (exact) mass is 359 g/mol. The van der Waals surface area contributed by atoms with Gasteiger partial charge in [0.05, 0.1) is 0 Å². The van der Waals surface area contributed by atoms with Crippen molar-refractivity contribution >= 4 is 5.91 Å². The van der Waals surface area contributed by atoms with Crippen LogP contribution in [0.3, 0.4) is 0 Å². The normalized spacial score (nSPS) is 12.4. The summed E-state index contributed by atoms with van der Waals surface area (Å²) in [6.45, 7) is 6.47. The molecule has 3 rings (SSSR count). The summed E-state index contributed by atoms with van der Waals surface area (Å²) in [4.78, 5) is 20.6. The highest BCUT2D eigenvalue weighted by Gasteiger charge is 2.24. The second kappa shape index (κ2) is 8.12. The third kappa shape index (κ3) is 4.79. The van der Waals surface area contributed by atoms with E-state index in [0.717, 1.165) is 17.5 Å². The molecule has 1 amide bonds. The fourth-order valence-electron chi connectivity index (χ4n) is 3.39. The summed E-state index contributed by atoms with van der Waals surface area (Å²) >= 11 is 0. The Hall–Kier alpha value is -3.01. The van der Waals surface area contributed by atoms with Gasteiger partial charge in [-0.3, -0.25) is 4.79 Å². The van der Waals surface area contributed by atoms with E-state index >= 15 is 0 Å². The summed E-state index contributed by atoms with van der Waals surface area (Å²) < 4.78 is 0. The molecule has 0 spiro atoms. The number of aromatic nitrogens is 2. The summed E-state index contributed by atoms with van der Waals surface area (Å²) in [5, 5.41) is 3.12. The maximum absolute atomic E-state index is 12.6. The molecule has 4 heteroatoms. The number of rotatable bonds is 6. The first-order valence-electron chi connectivity index (χ1n) is 9.17. The van der Waals surface area contributed by atoms with E-state index < -0.39 is 0 Å². The fraction of sp³-hybridized carbons (Fsp3) is 0.261. The molecule has 0 aliphatic carbocycles. The average Bonchev–Trinajstić information content (AvgIpc) is 2.69. The highest BCUT2D eigenvalue weighted by Crippen LogP contribution is 2.28. The summed E-state index contributed by atoms with van der Waals surface area (Å²) in [6, 6.07) is 18.0. The van der Waals surface area contributed by atoms with Gasteiger partial charge < -0.3 is 5.32 Å². The third-order valence-corrected chi connectivity index (χ3v) is 4.79. The van der Waals surface area contributed by atoms with Crippen LogP contribution in [0.25, 0.3) is 11.1 Å². The molecule has 0 aliphatic rings. The second-order valence-electron chi connectivity index (χ2n) is 7.53. The maximum Gasteiger partial charge on any atom is 0.251 e. The van der Waals surface area contributed by atoms with Crippen molar-refractivity contribution in [2.75, 3.05) is 0 Å². The van der Waals surface area contributed by atoms with Gasteiger partial charge in [0.25, 0.3) is 5.91 Å². The van der Waals surface area contributed by atoms with Crippen molar-refractivity contribution in [2.45, 2.75) is 38.6 Å². The molecule has 1 aromatic heterocycles. The molecule has 0 radical (unpaired) electrons. The van der Waals surface area contributed by atoms with E-state index in [1.54, 1.807) is 12.4 Å². The molecule has 3 aromatic rings. The topological polar surface area (TPSA) is 54.9 Å². The van der Waals surface area contributed by atoms with E-state index in [4.69, 9.17) is 0 Å². The quantitative estimate of drug-likeness (QED) is 0.698. The third-order valence-electron chi connectivity index (χ3n) is 4.79. The molecule has 0 saturated heterocycles. The van der Waals surface area contributed by atoms with E-state index in [2.05, 4.69) is 60.3 Å². The van der Waals surface area contributed by atoms with Gasteiger partial charge in [0, 0.05) is 29.6 Å². The van der Waals surface area contributed by atoms with Crippen LogP contribution in [0.1, 0.15) is 43.1 Å². The van der Waals surface area contributed by atoms with Gasteiger partial charge in [-0.2, -0.15) is 0 Å². The Balaban J connectivity index is 1.63. The van der Waals surface area contributed by atoms with E-state index in [1.165, 1.54) is 11.9 Å². The predicted octanol–water partition coefficient (Wildman–Crippen LogP) is 4.63. The first kappa shape index (κ1) is 18.8. The highest BCUT2D eigenvalue weighted by atomic mass is 16.1. The maximum atomic E-state index is 12.6. The minimum Gasteiger partial charge on any atom is -0.350 e. The van der Waals surface area contributed by atoms with E-state index in [1.807, 2.05) is 30.3 Å². The number of nitrogens with one attached hydrogen (secondary N) is 1. The lowest BCUT2D eigenvalue weighted by atomic mass is 9.79. The highest BCUT2D eigenvalue weighted by molar-refractivity contribution is 5.94. The summed E-state index contributed by atoms with van der Waals surface area (Å²) in [5.74, 6) is -0.0535. The van der Waals surface area contributed by atoms with Crippen LogP contribution in [0.2, 0.25) is 0 Å². The van der Waals surface area contributed by atoms with Gasteiger partial charge >= 0.3 is 0 Å². The first-order valence-corrected chi connectivity index (χ1v) is 9.17. The molecule has 0 saturated carbocycles. The molecule has 1 heterocycles. The Kier molecular flexibility index (Phi) is 5.65. The van der Waals surface area contributed by atoms with Crippen LogP contribution in [0.5, 0.6) is 0 Å². The van der Waals surface area contributed by atoms with Gasteiger partial charge in [-0.25, -0.2) is 9.97 Å². The Morgan fingerprint density at radius 3 is 2.22 bits per heavy atom. The molecule has 0 fully saturated rings. The zero-order chi connectivity index (χ0) is 19.3. The molecule has 138 valence electrons. The predicted molar refractivity (Wildman–Crippen MR) is 108 cm³/mol. The van der Waals surface area contributed by atoms with Crippen molar-refractivity contribution < 1.29 is 4.79 Å². The van der Waals surface area contributed by atoms with Crippen LogP contribution >= 0.6 is 0 Å². The number of hydrogen-bond donors (Lipinski definition) is 1. The van der Waals surface area contributed by atoms with Crippen molar-refractivity contribution in [1.29, 1.82) is 0 Å². The molecular weight excluding hydrogens is 334 g/mol. The Labute approximate surface area is 160 Å². The molecule has 1 N–H and O–H groups in total. The minimum absolute atomic E-state index is 0.00881. The second-order valence-corrected chi connectivity index (χ2v) is 7.53. The lowest BCUT2D eigenvalue weighted by Crippen LogP contribution is -2.37. The lowest BCUT2D eigenvalue weighted by molar-refractivity contribution is 0.0934.